The van der Waals surface area contributed by atoms with Gasteiger partial charge in [-0.25, -0.2) is 9.18 Å². The summed E-state index contributed by atoms with van der Waals surface area (Å²) in [5.74, 6) is -1.55. The molecule has 0 aliphatic rings. The van der Waals surface area contributed by atoms with Crippen LogP contribution in [0.15, 0.2) is 48.5 Å². The number of hydrogen-bond acceptors (Lipinski definition) is 3. The number of aromatic carboxylic acids is 1. The third-order valence-corrected chi connectivity index (χ3v) is 2.58. The van der Waals surface area contributed by atoms with Gasteiger partial charge < -0.3 is 15.2 Å². The normalized spacial score (nSPS) is 9.95. The fraction of sp³-hybridized carbons (Fsp3) is 0.0667. The molecule has 2 aromatic carbocycles. The molecule has 0 bridgehead atoms. The van der Waals surface area contributed by atoms with Crippen LogP contribution in [0.25, 0.3) is 0 Å². The van der Waals surface area contributed by atoms with Gasteiger partial charge in [-0.05, 0) is 42.5 Å². The lowest BCUT2D eigenvalue weighted by Gasteiger charge is -2.07. The van der Waals surface area contributed by atoms with Crippen LogP contribution in [-0.2, 0) is 4.79 Å². The second-order valence-corrected chi connectivity index (χ2v) is 4.18. The molecule has 2 aromatic rings. The molecule has 0 atom stereocenters. The maximum Gasteiger partial charge on any atom is 0.335 e. The van der Waals surface area contributed by atoms with Crippen LogP contribution < -0.4 is 10.1 Å². The molecule has 0 heterocycles. The number of anilines is 1. The highest BCUT2D eigenvalue weighted by Crippen LogP contribution is 2.13. The minimum Gasteiger partial charge on any atom is -0.484 e. The number of nitrogens with one attached hydrogen (secondary N) is 1. The molecular weight excluding hydrogens is 277 g/mol. The van der Waals surface area contributed by atoms with Gasteiger partial charge in [-0.3, -0.25) is 4.79 Å². The van der Waals surface area contributed by atoms with Crippen molar-refractivity contribution in [1.29, 1.82) is 0 Å². The van der Waals surface area contributed by atoms with Gasteiger partial charge in [0.25, 0.3) is 5.91 Å². The number of benzene rings is 2. The number of carbonyl (C=O) groups is 2. The van der Waals surface area contributed by atoms with Crippen LogP contribution in [0.1, 0.15) is 10.4 Å². The summed E-state index contributed by atoms with van der Waals surface area (Å²) in [4.78, 5) is 22.3. The maximum atomic E-state index is 12.9. The van der Waals surface area contributed by atoms with E-state index >= 15 is 0 Å². The van der Waals surface area contributed by atoms with Crippen molar-refractivity contribution in [1.82, 2.24) is 0 Å². The van der Waals surface area contributed by atoms with Gasteiger partial charge >= 0.3 is 5.97 Å². The molecule has 0 aromatic heterocycles. The fourth-order valence-corrected chi connectivity index (χ4v) is 1.61. The summed E-state index contributed by atoms with van der Waals surface area (Å²) in [6.45, 7) is -0.261. The summed E-state index contributed by atoms with van der Waals surface area (Å²) < 4.78 is 18.1. The lowest BCUT2D eigenvalue weighted by Crippen LogP contribution is -2.20. The largest absolute Gasteiger partial charge is 0.484 e. The first-order valence-corrected chi connectivity index (χ1v) is 6.06. The Labute approximate surface area is 120 Å². The standard InChI is InChI=1S/C15H12FNO4/c16-11-2-1-3-12(8-11)17-14(18)9-21-13-6-4-10(5-7-13)15(19)20/h1-8H,9H2,(H,17,18)(H,19,20). The van der Waals surface area contributed by atoms with Gasteiger partial charge in [-0.1, -0.05) is 6.07 Å². The highest BCUT2D eigenvalue weighted by atomic mass is 19.1. The minimum absolute atomic E-state index is 0.131. The number of amides is 1. The Morgan fingerprint density at radius 3 is 2.48 bits per heavy atom. The molecule has 0 fully saturated rings. The molecule has 2 N–H and O–H groups in total. The predicted molar refractivity (Wildman–Crippen MR) is 73.9 cm³/mol. The van der Waals surface area contributed by atoms with E-state index in [1.165, 1.54) is 42.5 Å². The van der Waals surface area contributed by atoms with Gasteiger partial charge in [0.2, 0.25) is 0 Å². The molecule has 1 amide bonds. The first kappa shape index (κ1) is 14.5. The van der Waals surface area contributed by atoms with Crippen LogP contribution in [0.4, 0.5) is 10.1 Å². The summed E-state index contributed by atoms with van der Waals surface area (Å²) in [6.07, 6.45) is 0. The highest BCUT2D eigenvalue weighted by Gasteiger charge is 2.06. The van der Waals surface area contributed by atoms with Gasteiger partial charge in [0.1, 0.15) is 11.6 Å². The van der Waals surface area contributed by atoms with Crippen molar-refractivity contribution in [3.63, 3.8) is 0 Å². The molecule has 0 spiro atoms. The number of halogens is 1. The van der Waals surface area contributed by atoms with E-state index in [1.54, 1.807) is 6.07 Å². The van der Waals surface area contributed by atoms with Crippen LogP contribution in [0.5, 0.6) is 5.75 Å². The Balaban J connectivity index is 1.87. The maximum absolute atomic E-state index is 12.9. The SMILES string of the molecule is O=C(COc1ccc(C(=O)O)cc1)Nc1cccc(F)c1. The van der Waals surface area contributed by atoms with Crippen LogP contribution in [0.3, 0.4) is 0 Å². The van der Waals surface area contributed by atoms with Crippen molar-refractivity contribution in [3.8, 4) is 5.75 Å². The Hall–Kier alpha value is -2.89. The van der Waals surface area contributed by atoms with E-state index in [-0.39, 0.29) is 12.2 Å². The van der Waals surface area contributed by atoms with Crippen molar-refractivity contribution in [3.05, 3.63) is 59.9 Å². The molecule has 2 rings (SSSR count). The lowest BCUT2D eigenvalue weighted by atomic mass is 10.2. The molecular formula is C15H12FNO4. The number of hydrogen-bond donors (Lipinski definition) is 2. The molecule has 0 radical (unpaired) electrons. The summed E-state index contributed by atoms with van der Waals surface area (Å²) >= 11 is 0. The third kappa shape index (κ3) is 4.31. The highest BCUT2D eigenvalue weighted by molar-refractivity contribution is 5.91. The lowest BCUT2D eigenvalue weighted by molar-refractivity contribution is -0.118. The third-order valence-electron chi connectivity index (χ3n) is 2.58. The molecule has 0 saturated heterocycles. The summed E-state index contributed by atoms with van der Waals surface area (Å²) in [5.41, 5.74) is 0.469. The van der Waals surface area contributed by atoms with E-state index in [9.17, 15) is 14.0 Å². The van der Waals surface area contributed by atoms with E-state index in [2.05, 4.69) is 5.32 Å². The van der Waals surface area contributed by atoms with E-state index in [0.717, 1.165) is 0 Å². The Kier molecular flexibility index (Phi) is 4.50. The Bertz CT molecular complexity index is 655. The molecule has 21 heavy (non-hydrogen) atoms. The number of carboxylic acids is 1. The average molecular weight is 289 g/mol. The number of carbonyl (C=O) groups excluding carboxylic acids is 1. The Morgan fingerprint density at radius 1 is 1.14 bits per heavy atom. The number of ether oxygens (including phenoxy) is 1. The zero-order valence-corrected chi connectivity index (χ0v) is 10.9. The summed E-state index contributed by atoms with van der Waals surface area (Å²) in [6, 6.07) is 11.2. The second-order valence-electron chi connectivity index (χ2n) is 4.18. The monoisotopic (exact) mass is 289 g/mol. The van der Waals surface area contributed by atoms with E-state index in [4.69, 9.17) is 9.84 Å². The van der Waals surface area contributed by atoms with Crippen LogP contribution in [-0.4, -0.2) is 23.6 Å². The number of carboxylic acid groups (broad SMARTS) is 1. The van der Waals surface area contributed by atoms with Crippen LogP contribution >= 0.6 is 0 Å². The smallest absolute Gasteiger partial charge is 0.335 e. The van der Waals surface area contributed by atoms with Gasteiger partial charge in [0.15, 0.2) is 6.61 Å². The van der Waals surface area contributed by atoms with Gasteiger partial charge in [-0.2, -0.15) is 0 Å². The first-order chi connectivity index (χ1) is 10.0. The fourth-order valence-electron chi connectivity index (χ4n) is 1.61. The van der Waals surface area contributed by atoms with E-state index in [0.29, 0.717) is 11.4 Å². The zero-order valence-electron chi connectivity index (χ0n) is 10.9. The number of rotatable bonds is 5. The molecule has 0 unspecified atom stereocenters. The Morgan fingerprint density at radius 2 is 1.86 bits per heavy atom. The predicted octanol–water partition coefficient (Wildman–Crippen LogP) is 2.54. The van der Waals surface area contributed by atoms with Crippen molar-refractivity contribution in [2.75, 3.05) is 11.9 Å². The van der Waals surface area contributed by atoms with Gasteiger partial charge in [0.05, 0.1) is 5.56 Å². The van der Waals surface area contributed by atoms with Crippen molar-refractivity contribution < 1.29 is 23.8 Å². The molecule has 6 heteroatoms. The second kappa shape index (κ2) is 6.51. The molecule has 5 nitrogen and oxygen atoms in total. The van der Waals surface area contributed by atoms with Crippen molar-refractivity contribution in [2.45, 2.75) is 0 Å². The molecule has 0 saturated carbocycles. The minimum atomic E-state index is -1.04. The first-order valence-electron chi connectivity index (χ1n) is 6.06. The average Bonchev–Trinajstić information content (AvgIpc) is 2.45. The topological polar surface area (TPSA) is 75.6 Å². The van der Waals surface area contributed by atoms with Crippen LogP contribution in [0, 0.1) is 5.82 Å². The molecule has 108 valence electrons. The van der Waals surface area contributed by atoms with Gasteiger partial charge in [-0.15, -0.1) is 0 Å². The summed E-state index contributed by atoms with van der Waals surface area (Å²) in [5, 5.41) is 11.2. The zero-order chi connectivity index (χ0) is 15.2. The summed E-state index contributed by atoms with van der Waals surface area (Å²) in [7, 11) is 0. The molecule has 0 aliphatic heterocycles. The van der Waals surface area contributed by atoms with E-state index < -0.39 is 17.7 Å². The van der Waals surface area contributed by atoms with Gasteiger partial charge in [0, 0.05) is 5.69 Å². The van der Waals surface area contributed by atoms with Crippen molar-refractivity contribution in [2.24, 2.45) is 0 Å². The quantitative estimate of drug-likeness (QED) is 0.887. The van der Waals surface area contributed by atoms with Crippen molar-refractivity contribution >= 4 is 17.6 Å². The molecule has 0 aliphatic carbocycles. The van der Waals surface area contributed by atoms with Crippen LogP contribution in [0.2, 0.25) is 0 Å². The van der Waals surface area contributed by atoms with E-state index in [1.807, 2.05) is 0 Å².